The molecule has 3 aromatic heterocycles. The lowest BCUT2D eigenvalue weighted by Crippen LogP contribution is -2.51. The van der Waals surface area contributed by atoms with Gasteiger partial charge in [-0.25, -0.2) is 9.67 Å². The second kappa shape index (κ2) is 6.42. The van der Waals surface area contributed by atoms with Crippen molar-refractivity contribution in [3.05, 3.63) is 71.0 Å². The van der Waals surface area contributed by atoms with Crippen LogP contribution in [0.25, 0.3) is 16.4 Å². The van der Waals surface area contributed by atoms with Crippen LogP contribution in [-0.2, 0) is 13.0 Å². The van der Waals surface area contributed by atoms with Gasteiger partial charge in [-0.05, 0) is 18.2 Å². The van der Waals surface area contributed by atoms with Gasteiger partial charge >= 0.3 is 0 Å². The van der Waals surface area contributed by atoms with Crippen LogP contribution in [0.5, 0.6) is 0 Å². The molecule has 0 saturated carbocycles. The molecule has 0 aliphatic carbocycles. The third kappa shape index (κ3) is 2.73. The summed E-state index contributed by atoms with van der Waals surface area (Å²) in [5.74, 6) is 0.698. The number of hydrogen-bond acceptors (Lipinski definition) is 5. The minimum atomic E-state index is -0.0194. The van der Waals surface area contributed by atoms with Gasteiger partial charge in [0.25, 0.3) is 5.56 Å². The van der Waals surface area contributed by atoms with Gasteiger partial charge in [-0.2, -0.15) is 5.10 Å². The quantitative estimate of drug-likeness (QED) is 0.578. The molecule has 6 rings (SSSR count). The number of aryl methyl sites for hydroxylation is 2. The van der Waals surface area contributed by atoms with Crippen LogP contribution in [-0.4, -0.2) is 44.8 Å². The molecular formula is C22H22N6O. The second-order valence-corrected chi connectivity index (χ2v) is 8.04. The Hall–Kier alpha value is -3.19. The summed E-state index contributed by atoms with van der Waals surface area (Å²) in [7, 11) is 0. The topological polar surface area (TPSA) is 67.5 Å². The smallest absolute Gasteiger partial charge is 0.276 e. The summed E-state index contributed by atoms with van der Waals surface area (Å²) >= 11 is 0. The third-order valence-corrected chi connectivity index (χ3v) is 6.28. The highest BCUT2D eigenvalue weighted by Crippen LogP contribution is 2.31. The third-order valence-electron chi connectivity index (χ3n) is 6.28. The lowest BCUT2D eigenvalue weighted by molar-refractivity contribution is 0.297. The highest BCUT2D eigenvalue weighted by molar-refractivity contribution is 5.93. The Morgan fingerprint density at radius 1 is 1.14 bits per heavy atom. The van der Waals surface area contributed by atoms with Gasteiger partial charge < -0.3 is 14.6 Å². The first-order valence-electron chi connectivity index (χ1n) is 10.2. The van der Waals surface area contributed by atoms with Crippen LogP contribution in [0.1, 0.15) is 5.69 Å². The molecule has 2 atom stereocenters. The molecule has 2 saturated heterocycles. The molecule has 29 heavy (non-hydrogen) atoms. The van der Waals surface area contributed by atoms with Gasteiger partial charge in [0.2, 0.25) is 0 Å². The first-order chi connectivity index (χ1) is 14.3. The number of pyridine rings is 1. The monoisotopic (exact) mass is 386 g/mol. The summed E-state index contributed by atoms with van der Waals surface area (Å²) in [4.78, 5) is 20.3. The zero-order valence-electron chi connectivity index (χ0n) is 16.0. The van der Waals surface area contributed by atoms with E-state index in [1.54, 1.807) is 4.68 Å². The molecule has 2 aliphatic heterocycles. The van der Waals surface area contributed by atoms with Crippen molar-refractivity contribution in [3.8, 4) is 0 Å². The molecule has 0 bridgehead atoms. The van der Waals surface area contributed by atoms with Crippen molar-refractivity contribution in [1.29, 1.82) is 0 Å². The molecule has 7 heteroatoms. The van der Waals surface area contributed by atoms with Crippen molar-refractivity contribution >= 4 is 22.1 Å². The van der Waals surface area contributed by atoms with Crippen molar-refractivity contribution in [2.24, 2.45) is 5.92 Å². The van der Waals surface area contributed by atoms with Crippen molar-refractivity contribution in [2.45, 2.75) is 19.0 Å². The van der Waals surface area contributed by atoms with E-state index in [0.717, 1.165) is 47.4 Å². The number of hydrogen-bond donors (Lipinski definition) is 1. The molecule has 1 N–H and O–H groups in total. The predicted molar refractivity (Wildman–Crippen MR) is 112 cm³/mol. The lowest BCUT2D eigenvalue weighted by atomic mass is 9.96. The maximum atomic E-state index is 13.3. The van der Waals surface area contributed by atoms with Crippen LogP contribution >= 0.6 is 0 Å². The Balaban J connectivity index is 1.33. The summed E-state index contributed by atoms with van der Waals surface area (Å²) in [5, 5.41) is 9.59. The number of fused-ring (bicyclic) bond motifs is 3. The van der Waals surface area contributed by atoms with Crippen LogP contribution in [0.2, 0.25) is 0 Å². The fourth-order valence-electron chi connectivity index (χ4n) is 4.61. The van der Waals surface area contributed by atoms with E-state index in [-0.39, 0.29) is 5.56 Å². The molecule has 4 aromatic rings. The fourth-order valence-corrected chi connectivity index (χ4v) is 4.61. The molecule has 5 heterocycles. The maximum Gasteiger partial charge on any atom is 0.276 e. The van der Waals surface area contributed by atoms with Crippen LogP contribution in [0, 0.1) is 5.92 Å². The number of nitrogens with zero attached hydrogens (tertiary/aromatic N) is 5. The minimum absolute atomic E-state index is 0.0194. The number of imidazole rings is 1. The Morgan fingerprint density at radius 2 is 2.10 bits per heavy atom. The zero-order valence-corrected chi connectivity index (χ0v) is 16.0. The largest absolute Gasteiger partial charge is 0.369 e. The highest BCUT2D eigenvalue weighted by atomic mass is 16.1. The Labute approximate surface area is 167 Å². The molecule has 2 fully saturated rings. The maximum absolute atomic E-state index is 13.3. The van der Waals surface area contributed by atoms with E-state index in [1.807, 2.05) is 53.3 Å². The SMILES string of the molecule is O=c1c2c(N3C[C@H]4CN[C@@H]4C3)cccc2cnn1CCc1cn2ccccc2n1. The lowest BCUT2D eigenvalue weighted by Gasteiger charge is -2.29. The zero-order chi connectivity index (χ0) is 19.4. The average Bonchev–Trinajstić information content (AvgIpc) is 3.27. The molecule has 7 nitrogen and oxygen atoms in total. The number of aromatic nitrogens is 4. The first-order valence-corrected chi connectivity index (χ1v) is 10.2. The van der Waals surface area contributed by atoms with Crippen molar-refractivity contribution in [2.75, 3.05) is 24.5 Å². The van der Waals surface area contributed by atoms with E-state index in [1.165, 1.54) is 0 Å². The summed E-state index contributed by atoms with van der Waals surface area (Å²) in [5.41, 5.74) is 2.89. The molecular weight excluding hydrogens is 364 g/mol. The summed E-state index contributed by atoms with van der Waals surface area (Å²) in [6.07, 6.45) is 6.48. The van der Waals surface area contributed by atoms with E-state index in [0.29, 0.717) is 24.9 Å². The number of rotatable bonds is 4. The number of anilines is 1. The van der Waals surface area contributed by atoms with E-state index >= 15 is 0 Å². The first kappa shape index (κ1) is 16.7. The Bertz CT molecular complexity index is 1230. The van der Waals surface area contributed by atoms with Gasteiger partial charge in [0.05, 0.1) is 29.5 Å². The van der Waals surface area contributed by atoms with Crippen LogP contribution < -0.4 is 15.8 Å². The van der Waals surface area contributed by atoms with E-state index in [9.17, 15) is 4.79 Å². The van der Waals surface area contributed by atoms with Gasteiger partial charge in [-0.1, -0.05) is 18.2 Å². The summed E-state index contributed by atoms with van der Waals surface area (Å²) in [6.45, 7) is 3.57. The Kier molecular flexibility index (Phi) is 3.70. The molecule has 146 valence electrons. The van der Waals surface area contributed by atoms with Crippen molar-refractivity contribution in [3.63, 3.8) is 0 Å². The van der Waals surface area contributed by atoms with Gasteiger partial charge in [-0.3, -0.25) is 4.79 Å². The molecule has 0 amide bonds. The standard InChI is InChI=1S/C22H22N6O/c29-22-21-15(4-3-5-19(21)27-12-16-10-23-18(16)14-27)11-24-28(22)9-7-17-13-26-8-2-1-6-20(26)25-17/h1-6,8,11,13,16,18,23H,7,9-10,12,14H2/t16-,18-/m1/s1. The number of benzene rings is 1. The van der Waals surface area contributed by atoms with E-state index in [4.69, 9.17) is 0 Å². The molecule has 0 unspecified atom stereocenters. The normalized spacial score (nSPS) is 20.9. The van der Waals surface area contributed by atoms with Crippen LogP contribution in [0.3, 0.4) is 0 Å². The second-order valence-electron chi connectivity index (χ2n) is 8.04. The Morgan fingerprint density at radius 3 is 2.90 bits per heavy atom. The fraction of sp³-hybridized carbons (Fsp3) is 0.318. The van der Waals surface area contributed by atoms with Gasteiger partial charge in [0.15, 0.2) is 0 Å². The summed E-state index contributed by atoms with van der Waals surface area (Å²) in [6, 6.07) is 12.6. The molecule has 1 aromatic carbocycles. The van der Waals surface area contributed by atoms with Crippen molar-refractivity contribution < 1.29 is 0 Å². The molecule has 2 aliphatic rings. The van der Waals surface area contributed by atoms with Gasteiger partial charge in [-0.15, -0.1) is 0 Å². The van der Waals surface area contributed by atoms with Crippen LogP contribution in [0.15, 0.2) is 59.8 Å². The average molecular weight is 386 g/mol. The van der Waals surface area contributed by atoms with Gasteiger partial charge in [0.1, 0.15) is 5.65 Å². The summed E-state index contributed by atoms with van der Waals surface area (Å²) < 4.78 is 3.58. The highest BCUT2D eigenvalue weighted by Gasteiger charge is 2.39. The number of nitrogens with one attached hydrogen (secondary N) is 1. The van der Waals surface area contributed by atoms with E-state index < -0.39 is 0 Å². The predicted octanol–water partition coefficient (Wildman–Crippen LogP) is 1.69. The van der Waals surface area contributed by atoms with Crippen molar-refractivity contribution in [1.82, 2.24) is 24.5 Å². The molecule has 0 spiro atoms. The van der Waals surface area contributed by atoms with Crippen LogP contribution in [0.4, 0.5) is 5.69 Å². The minimum Gasteiger partial charge on any atom is -0.369 e. The van der Waals surface area contributed by atoms with Gasteiger partial charge in [0, 0.05) is 55.8 Å². The molecule has 0 radical (unpaired) electrons. The van der Waals surface area contributed by atoms with E-state index in [2.05, 4.69) is 26.4 Å².